The second kappa shape index (κ2) is 8.43. The number of likely N-dealkylation sites (tertiary alicyclic amines) is 1. The Hall–Kier alpha value is -0.950. The van der Waals surface area contributed by atoms with E-state index in [4.69, 9.17) is 0 Å². The third-order valence-electron chi connectivity index (χ3n) is 5.26. The number of hydrogen-bond donors (Lipinski definition) is 1. The SMILES string of the molecule is CC1CCN(C(=O)CN2CCN(CC(O)c3cccs3)CC2)CC1. The number of nitrogens with zero attached hydrogens (tertiary/aromatic N) is 3. The Morgan fingerprint density at radius 2 is 1.88 bits per heavy atom. The molecule has 1 atom stereocenters. The summed E-state index contributed by atoms with van der Waals surface area (Å²) in [6.45, 7) is 9.02. The van der Waals surface area contributed by atoms with E-state index in [1.54, 1.807) is 11.3 Å². The van der Waals surface area contributed by atoms with Crippen LogP contribution in [0.4, 0.5) is 0 Å². The normalized spacial score (nSPS) is 22.7. The highest BCUT2D eigenvalue weighted by Crippen LogP contribution is 2.20. The molecule has 5 nitrogen and oxygen atoms in total. The summed E-state index contributed by atoms with van der Waals surface area (Å²) >= 11 is 1.61. The van der Waals surface area contributed by atoms with Crippen molar-refractivity contribution in [2.24, 2.45) is 5.92 Å². The van der Waals surface area contributed by atoms with E-state index in [0.29, 0.717) is 13.1 Å². The fourth-order valence-corrected chi connectivity index (χ4v) is 4.20. The molecule has 2 aliphatic heterocycles. The van der Waals surface area contributed by atoms with Crippen molar-refractivity contribution in [2.45, 2.75) is 25.9 Å². The number of piperazine rings is 1. The monoisotopic (exact) mass is 351 g/mol. The lowest BCUT2D eigenvalue weighted by atomic mass is 9.99. The Kier molecular flexibility index (Phi) is 6.27. The number of carbonyl (C=O) groups excluding carboxylic acids is 1. The van der Waals surface area contributed by atoms with Gasteiger partial charge in [0.25, 0.3) is 0 Å². The van der Waals surface area contributed by atoms with Gasteiger partial charge in [-0.15, -0.1) is 11.3 Å². The minimum atomic E-state index is -0.395. The quantitative estimate of drug-likeness (QED) is 0.876. The van der Waals surface area contributed by atoms with Gasteiger partial charge in [0.15, 0.2) is 0 Å². The van der Waals surface area contributed by atoms with E-state index in [0.717, 1.165) is 62.9 Å². The Labute approximate surface area is 148 Å². The molecular formula is C18H29N3O2S. The molecule has 1 amide bonds. The first kappa shape index (κ1) is 17.9. The van der Waals surface area contributed by atoms with Crippen molar-refractivity contribution < 1.29 is 9.90 Å². The smallest absolute Gasteiger partial charge is 0.236 e. The second-order valence-electron chi connectivity index (χ2n) is 7.17. The van der Waals surface area contributed by atoms with E-state index in [2.05, 4.69) is 16.7 Å². The molecule has 3 heterocycles. The molecule has 1 unspecified atom stereocenters. The molecule has 1 aromatic rings. The molecule has 2 aliphatic rings. The van der Waals surface area contributed by atoms with E-state index in [1.165, 1.54) is 0 Å². The van der Waals surface area contributed by atoms with Crippen LogP contribution in [-0.2, 0) is 4.79 Å². The number of amides is 1. The van der Waals surface area contributed by atoms with E-state index >= 15 is 0 Å². The van der Waals surface area contributed by atoms with Crippen LogP contribution in [0.2, 0.25) is 0 Å². The topological polar surface area (TPSA) is 47.0 Å². The van der Waals surface area contributed by atoms with Crippen LogP contribution in [0.15, 0.2) is 17.5 Å². The summed E-state index contributed by atoms with van der Waals surface area (Å²) in [5.41, 5.74) is 0. The Bertz CT molecular complexity index is 506. The lowest BCUT2D eigenvalue weighted by Crippen LogP contribution is -2.51. The zero-order chi connectivity index (χ0) is 16.9. The van der Waals surface area contributed by atoms with Crippen LogP contribution >= 0.6 is 11.3 Å². The van der Waals surface area contributed by atoms with Gasteiger partial charge in [-0.05, 0) is 30.2 Å². The lowest BCUT2D eigenvalue weighted by molar-refractivity contribution is -0.134. The van der Waals surface area contributed by atoms with Gasteiger partial charge in [-0.1, -0.05) is 13.0 Å². The van der Waals surface area contributed by atoms with Crippen molar-refractivity contribution >= 4 is 17.2 Å². The number of aliphatic hydroxyl groups is 1. The molecular weight excluding hydrogens is 322 g/mol. The van der Waals surface area contributed by atoms with Gasteiger partial charge in [0, 0.05) is 50.7 Å². The molecule has 0 saturated carbocycles. The van der Waals surface area contributed by atoms with Crippen molar-refractivity contribution in [3.8, 4) is 0 Å². The fraction of sp³-hybridized carbons (Fsp3) is 0.722. The standard InChI is InChI=1S/C18H29N3O2S/c1-15-4-6-21(7-5-15)18(23)14-20-10-8-19(9-11-20)13-16(22)17-3-2-12-24-17/h2-3,12,15-16,22H,4-11,13-14H2,1H3. The summed E-state index contributed by atoms with van der Waals surface area (Å²) in [7, 11) is 0. The molecule has 0 radical (unpaired) electrons. The maximum Gasteiger partial charge on any atom is 0.236 e. The molecule has 2 saturated heterocycles. The minimum Gasteiger partial charge on any atom is -0.386 e. The van der Waals surface area contributed by atoms with E-state index in [-0.39, 0.29) is 5.91 Å². The maximum absolute atomic E-state index is 12.4. The van der Waals surface area contributed by atoms with Gasteiger partial charge < -0.3 is 10.0 Å². The number of carbonyl (C=O) groups is 1. The van der Waals surface area contributed by atoms with E-state index < -0.39 is 6.10 Å². The fourth-order valence-electron chi connectivity index (χ4n) is 3.49. The molecule has 2 fully saturated rings. The summed E-state index contributed by atoms with van der Waals surface area (Å²) in [4.78, 5) is 20.0. The zero-order valence-electron chi connectivity index (χ0n) is 14.6. The van der Waals surface area contributed by atoms with Gasteiger partial charge in [-0.2, -0.15) is 0 Å². The summed E-state index contributed by atoms with van der Waals surface area (Å²) in [6.07, 6.45) is 1.88. The number of piperidine rings is 1. The number of thiophene rings is 1. The van der Waals surface area contributed by atoms with Crippen molar-refractivity contribution in [1.29, 1.82) is 0 Å². The molecule has 0 aliphatic carbocycles. The van der Waals surface area contributed by atoms with Crippen LogP contribution < -0.4 is 0 Å². The molecule has 1 N–H and O–H groups in total. The minimum absolute atomic E-state index is 0.286. The summed E-state index contributed by atoms with van der Waals surface area (Å²) in [6, 6.07) is 3.97. The third kappa shape index (κ3) is 4.79. The van der Waals surface area contributed by atoms with Crippen molar-refractivity contribution in [2.75, 3.05) is 52.4 Å². The summed E-state index contributed by atoms with van der Waals surface area (Å²) < 4.78 is 0. The largest absolute Gasteiger partial charge is 0.386 e. The second-order valence-corrected chi connectivity index (χ2v) is 8.15. The molecule has 6 heteroatoms. The van der Waals surface area contributed by atoms with E-state index in [9.17, 15) is 9.90 Å². The first-order chi connectivity index (χ1) is 11.6. The van der Waals surface area contributed by atoms with Gasteiger partial charge in [0.1, 0.15) is 6.10 Å². The first-order valence-corrected chi connectivity index (χ1v) is 9.93. The van der Waals surface area contributed by atoms with Gasteiger partial charge in [-0.3, -0.25) is 14.6 Å². The molecule has 0 spiro atoms. The van der Waals surface area contributed by atoms with Gasteiger partial charge in [-0.25, -0.2) is 0 Å². The highest BCUT2D eigenvalue weighted by molar-refractivity contribution is 7.10. The van der Waals surface area contributed by atoms with Crippen LogP contribution in [0.25, 0.3) is 0 Å². The maximum atomic E-state index is 12.4. The average Bonchev–Trinajstić information content (AvgIpc) is 3.12. The van der Waals surface area contributed by atoms with Crippen LogP contribution in [0, 0.1) is 5.92 Å². The highest BCUT2D eigenvalue weighted by Gasteiger charge is 2.25. The highest BCUT2D eigenvalue weighted by atomic mass is 32.1. The van der Waals surface area contributed by atoms with Crippen LogP contribution in [-0.4, -0.2) is 78.1 Å². The Morgan fingerprint density at radius 1 is 1.21 bits per heavy atom. The molecule has 134 valence electrons. The predicted molar refractivity (Wildman–Crippen MR) is 97.1 cm³/mol. The molecule has 3 rings (SSSR count). The van der Waals surface area contributed by atoms with Crippen molar-refractivity contribution in [1.82, 2.24) is 14.7 Å². The van der Waals surface area contributed by atoms with Gasteiger partial charge >= 0.3 is 0 Å². The third-order valence-corrected chi connectivity index (χ3v) is 6.24. The van der Waals surface area contributed by atoms with Gasteiger partial charge in [0.2, 0.25) is 5.91 Å². The molecule has 0 bridgehead atoms. The summed E-state index contributed by atoms with van der Waals surface area (Å²) in [5, 5.41) is 12.3. The number of β-amino-alcohol motifs (C(OH)–C–C–N with tert-alkyl or cyclic N) is 1. The van der Waals surface area contributed by atoms with Crippen molar-refractivity contribution in [3.05, 3.63) is 22.4 Å². The predicted octanol–water partition coefficient (Wildman–Crippen LogP) is 1.66. The Morgan fingerprint density at radius 3 is 2.50 bits per heavy atom. The molecule has 1 aromatic heterocycles. The number of rotatable bonds is 5. The van der Waals surface area contributed by atoms with Crippen molar-refractivity contribution in [3.63, 3.8) is 0 Å². The van der Waals surface area contributed by atoms with Crippen LogP contribution in [0.3, 0.4) is 0 Å². The number of hydrogen-bond acceptors (Lipinski definition) is 5. The van der Waals surface area contributed by atoms with Crippen LogP contribution in [0.1, 0.15) is 30.7 Å². The number of aliphatic hydroxyl groups excluding tert-OH is 1. The average molecular weight is 352 g/mol. The van der Waals surface area contributed by atoms with Crippen LogP contribution in [0.5, 0.6) is 0 Å². The summed E-state index contributed by atoms with van der Waals surface area (Å²) in [5.74, 6) is 1.04. The lowest BCUT2D eigenvalue weighted by Gasteiger charge is -2.37. The first-order valence-electron chi connectivity index (χ1n) is 9.06. The zero-order valence-corrected chi connectivity index (χ0v) is 15.4. The van der Waals surface area contributed by atoms with E-state index in [1.807, 2.05) is 22.4 Å². The Balaban J connectivity index is 1.38. The molecule has 24 heavy (non-hydrogen) atoms. The molecule has 0 aromatic carbocycles. The van der Waals surface area contributed by atoms with Gasteiger partial charge in [0.05, 0.1) is 6.54 Å².